The van der Waals surface area contributed by atoms with Crippen LogP contribution in [0.1, 0.15) is 51.8 Å². The Hall–Kier alpha value is -0.930. The second-order valence-electron chi connectivity index (χ2n) is 6.03. The van der Waals surface area contributed by atoms with Gasteiger partial charge in [-0.25, -0.2) is 0 Å². The average Bonchev–Trinajstić information content (AvgIpc) is 2.45. The quantitative estimate of drug-likeness (QED) is 0.752. The number of ether oxygens (including phenoxy) is 1. The summed E-state index contributed by atoms with van der Waals surface area (Å²) in [5.74, 6) is 0. The molecular weight excluding hydrogens is 248 g/mol. The molecule has 0 saturated carbocycles. The summed E-state index contributed by atoms with van der Waals surface area (Å²) in [6.07, 6.45) is 6.12. The maximum Gasteiger partial charge on any atom is 0.0637 e. The van der Waals surface area contributed by atoms with E-state index in [1.165, 1.54) is 5.56 Å². The molecule has 0 aliphatic rings. The first-order valence-corrected chi connectivity index (χ1v) is 7.73. The van der Waals surface area contributed by atoms with Crippen LogP contribution in [0.4, 0.5) is 0 Å². The van der Waals surface area contributed by atoms with Gasteiger partial charge in [0.05, 0.1) is 5.60 Å². The summed E-state index contributed by atoms with van der Waals surface area (Å²) in [7, 11) is 1.78. The molecule has 0 aromatic carbocycles. The van der Waals surface area contributed by atoms with Gasteiger partial charge in [-0.1, -0.05) is 19.9 Å². The fraction of sp³-hybridized carbons (Fsp3) is 0.706. The lowest BCUT2D eigenvalue weighted by Gasteiger charge is -2.29. The van der Waals surface area contributed by atoms with E-state index in [4.69, 9.17) is 4.74 Å². The Bertz CT molecular complexity index is 373. The standard InChI is InChI=1S/C17H30N2O/c1-6-10-18-16(12-17(3,4)20-5)11-15-9-8-14(7-2)13-19-15/h8-9,13,16,18H,6-7,10-12H2,1-5H3. The number of aromatic nitrogens is 1. The lowest BCUT2D eigenvalue weighted by Crippen LogP contribution is -2.39. The van der Waals surface area contributed by atoms with Gasteiger partial charge in [-0.2, -0.15) is 0 Å². The molecule has 1 heterocycles. The molecule has 3 heteroatoms. The predicted molar refractivity (Wildman–Crippen MR) is 85.1 cm³/mol. The third-order valence-corrected chi connectivity index (χ3v) is 3.72. The number of pyridine rings is 1. The maximum atomic E-state index is 5.56. The molecule has 1 N–H and O–H groups in total. The van der Waals surface area contributed by atoms with Crippen molar-refractivity contribution in [2.75, 3.05) is 13.7 Å². The molecular formula is C17H30N2O. The van der Waals surface area contributed by atoms with Crippen molar-refractivity contribution < 1.29 is 4.74 Å². The number of nitrogens with zero attached hydrogens (tertiary/aromatic N) is 1. The highest BCUT2D eigenvalue weighted by Gasteiger charge is 2.22. The molecule has 0 saturated heterocycles. The summed E-state index contributed by atoms with van der Waals surface area (Å²) in [4.78, 5) is 4.57. The number of hydrogen-bond donors (Lipinski definition) is 1. The number of rotatable bonds is 9. The van der Waals surface area contributed by atoms with Gasteiger partial charge in [-0.15, -0.1) is 0 Å². The van der Waals surface area contributed by atoms with Gasteiger partial charge in [0.1, 0.15) is 0 Å². The van der Waals surface area contributed by atoms with Crippen LogP contribution in [0.2, 0.25) is 0 Å². The van der Waals surface area contributed by atoms with Crippen LogP contribution in [0, 0.1) is 0 Å². The molecule has 0 spiro atoms. The van der Waals surface area contributed by atoms with Crippen molar-refractivity contribution in [1.82, 2.24) is 10.3 Å². The van der Waals surface area contributed by atoms with Crippen molar-refractivity contribution >= 4 is 0 Å². The number of aryl methyl sites for hydroxylation is 1. The fourth-order valence-electron chi connectivity index (χ4n) is 2.28. The van der Waals surface area contributed by atoms with Crippen molar-refractivity contribution in [1.29, 1.82) is 0 Å². The highest BCUT2D eigenvalue weighted by molar-refractivity contribution is 5.14. The van der Waals surface area contributed by atoms with E-state index in [2.05, 4.69) is 50.1 Å². The van der Waals surface area contributed by atoms with Crippen LogP contribution in [0.25, 0.3) is 0 Å². The summed E-state index contributed by atoms with van der Waals surface area (Å²) < 4.78 is 5.56. The molecule has 0 amide bonds. The van der Waals surface area contributed by atoms with Crippen LogP contribution < -0.4 is 5.32 Å². The van der Waals surface area contributed by atoms with Gasteiger partial charge in [0.2, 0.25) is 0 Å². The second kappa shape index (κ2) is 8.38. The highest BCUT2D eigenvalue weighted by Crippen LogP contribution is 2.18. The Morgan fingerprint density at radius 1 is 1.30 bits per heavy atom. The largest absolute Gasteiger partial charge is 0.379 e. The Kier molecular flexibility index (Phi) is 7.17. The Morgan fingerprint density at radius 3 is 2.55 bits per heavy atom. The molecule has 0 aliphatic carbocycles. The molecule has 0 aliphatic heterocycles. The van der Waals surface area contributed by atoms with Crippen LogP contribution >= 0.6 is 0 Å². The van der Waals surface area contributed by atoms with Crippen LogP contribution in [0.5, 0.6) is 0 Å². The summed E-state index contributed by atoms with van der Waals surface area (Å²) in [5, 5.41) is 3.62. The van der Waals surface area contributed by atoms with Crippen molar-refractivity contribution in [3.63, 3.8) is 0 Å². The van der Waals surface area contributed by atoms with E-state index in [1.54, 1.807) is 7.11 Å². The zero-order valence-corrected chi connectivity index (χ0v) is 13.7. The van der Waals surface area contributed by atoms with Crippen molar-refractivity contribution in [2.45, 2.75) is 65.0 Å². The van der Waals surface area contributed by atoms with Crippen molar-refractivity contribution in [2.24, 2.45) is 0 Å². The molecule has 20 heavy (non-hydrogen) atoms. The topological polar surface area (TPSA) is 34.2 Å². The maximum absolute atomic E-state index is 5.56. The summed E-state index contributed by atoms with van der Waals surface area (Å²) in [6.45, 7) is 9.67. The number of hydrogen-bond acceptors (Lipinski definition) is 3. The highest BCUT2D eigenvalue weighted by atomic mass is 16.5. The average molecular weight is 278 g/mol. The van der Waals surface area contributed by atoms with Gasteiger partial charge < -0.3 is 10.1 Å². The minimum atomic E-state index is -0.102. The lowest BCUT2D eigenvalue weighted by atomic mass is 9.95. The summed E-state index contributed by atoms with van der Waals surface area (Å²) >= 11 is 0. The molecule has 0 bridgehead atoms. The van der Waals surface area contributed by atoms with E-state index in [0.29, 0.717) is 6.04 Å². The molecule has 0 fully saturated rings. The molecule has 114 valence electrons. The van der Waals surface area contributed by atoms with Gasteiger partial charge >= 0.3 is 0 Å². The van der Waals surface area contributed by atoms with Gasteiger partial charge in [-0.05, 0) is 51.3 Å². The monoisotopic (exact) mass is 278 g/mol. The normalized spacial score (nSPS) is 13.4. The fourth-order valence-corrected chi connectivity index (χ4v) is 2.28. The lowest BCUT2D eigenvalue weighted by molar-refractivity contribution is 0.00707. The van der Waals surface area contributed by atoms with Gasteiger partial charge in [0, 0.05) is 31.5 Å². The first-order valence-electron chi connectivity index (χ1n) is 7.73. The number of nitrogens with one attached hydrogen (secondary N) is 1. The van der Waals surface area contributed by atoms with E-state index >= 15 is 0 Å². The summed E-state index contributed by atoms with van der Waals surface area (Å²) in [6, 6.07) is 4.74. The molecule has 1 atom stereocenters. The molecule has 1 rings (SSSR count). The van der Waals surface area contributed by atoms with E-state index in [1.807, 2.05) is 6.20 Å². The Morgan fingerprint density at radius 2 is 2.05 bits per heavy atom. The first kappa shape index (κ1) is 17.1. The third kappa shape index (κ3) is 6.02. The minimum Gasteiger partial charge on any atom is -0.379 e. The second-order valence-corrected chi connectivity index (χ2v) is 6.03. The third-order valence-electron chi connectivity index (χ3n) is 3.72. The minimum absolute atomic E-state index is 0.102. The SMILES string of the molecule is CCCNC(Cc1ccc(CC)cn1)CC(C)(C)OC. The van der Waals surface area contributed by atoms with Crippen molar-refractivity contribution in [3.8, 4) is 0 Å². The molecule has 1 unspecified atom stereocenters. The predicted octanol–water partition coefficient (Wildman–Crippen LogP) is 3.37. The van der Waals surface area contributed by atoms with Gasteiger partial charge in [0.25, 0.3) is 0 Å². The zero-order chi connectivity index (χ0) is 15.0. The first-order chi connectivity index (χ1) is 9.50. The van der Waals surface area contributed by atoms with E-state index in [9.17, 15) is 0 Å². The number of methoxy groups -OCH3 is 1. The zero-order valence-electron chi connectivity index (χ0n) is 13.7. The van der Waals surface area contributed by atoms with Crippen molar-refractivity contribution in [3.05, 3.63) is 29.6 Å². The van der Waals surface area contributed by atoms with Crippen LogP contribution in [-0.2, 0) is 17.6 Å². The molecule has 3 nitrogen and oxygen atoms in total. The van der Waals surface area contributed by atoms with E-state index in [-0.39, 0.29) is 5.60 Å². The summed E-state index contributed by atoms with van der Waals surface area (Å²) in [5.41, 5.74) is 2.35. The van der Waals surface area contributed by atoms with Crippen LogP contribution in [0.15, 0.2) is 18.3 Å². The van der Waals surface area contributed by atoms with Crippen LogP contribution in [-0.4, -0.2) is 30.3 Å². The smallest absolute Gasteiger partial charge is 0.0637 e. The van der Waals surface area contributed by atoms with Crippen LogP contribution in [0.3, 0.4) is 0 Å². The van der Waals surface area contributed by atoms with E-state index < -0.39 is 0 Å². The Labute approximate surface area is 124 Å². The van der Waals surface area contributed by atoms with Gasteiger partial charge in [0.15, 0.2) is 0 Å². The van der Waals surface area contributed by atoms with E-state index in [0.717, 1.165) is 37.9 Å². The molecule has 0 radical (unpaired) electrons. The van der Waals surface area contributed by atoms with Gasteiger partial charge in [-0.3, -0.25) is 4.98 Å². The Balaban J connectivity index is 2.67. The molecule has 1 aromatic rings. The molecule has 1 aromatic heterocycles.